The minimum Gasteiger partial charge on any atom is -0.392 e. The summed E-state index contributed by atoms with van der Waals surface area (Å²) in [6.07, 6.45) is 1.73. The highest BCUT2D eigenvalue weighted by molar-refractivity contribution is 9.10. The van der Waals surface area contributed by atoms with Gasteiger partial charge in [-0.3, -0.25) is 0 Å². The van der Waals surface area contributed by atoms with Crippen LogP contribution in [0.3, 0.4) is 0 Å². The summed E-state index contributed by atoms with van der Waals surface area (Å²) >= 11 is 3.41. The fourth-order valence-electron chi connectivity index (χ4n) is 1.92. The van der Waals surface area contributed by atoms with Gasteiger partial charge < -0.3 is 5.11 Å². The summed E-state index contributed by atoms with van der Waals surface area (Å²) in [4.78, 5) is 0. The van der Waals surface area contributed by atoms with Crippen LogP contribution < -0.4 is 0 Å². The van der Waals surface area contributed by atoms with Crippen LogP contribution in [0.15, 0.2) is 34.9 Å². The van der Waals surface area contributed by atoms with E-state index in [0.29, 0.717) is 5.92 Å². The predicted octanol–water partition coefficient (Wildman–Crippen LogP) is 3.25. The van der Waals surface area contributed by atoms with Crippen molar-refractivity contribution < 1.29 is 5.11 Å². The van der Waals surface area contributed by atoms with Crippen molar-refractivity contribution in [3.8, 4) is 5.69 Å². The molecule has 0 bridgehead atoms. The molecule has 0 aliphatic heterocycles. The molecule has 0 atom stereocenters. The summed E-state index contributed by atoms with van der Waals surface area (Å²) in [5.41, 5.74) is 2.97. The van der Waals surface area contributed by atoms with Crippen LogP contribution in [0, 0.1) is 0 Å². The third kappa shape index (κ3) is 2.42. The van der Waals surface area contributed by atoms with Crippen LogP contribution in [0.5, 0.6) is 0 Å². The predicted molar refractivity (Wildman–Crippen MR) is 71.3 cm³/mol. The van der Waals surface area contributed by atoms with Gasteiger partial charge in [0, 0.05) is 10.0 Å². The van der Waals surface area contributed by atoms with Crippen molar-refractivity contribution in [2.45, 2.75) is 26.4 Å². The molecule has 0 fully saturated rings. The zero-order chi connectivity index (χ0) is 12.4. The Morgan fingerprint density at radius 2 is 1.94 bits per heavy atom. The van der Waals surface area contributed by atoms with E-state index >= 15 is 0 Å². The van der Waals surface area contributed by atoms with Crippen molar-refractivity contribution in [3.63, 3.8) is 0 Å². The van der Waals surface area contributed by atoms with Gasteiger partial charge in [0.05, 0.1) is 24.2 Å². The van der Waals surface area contributed by atoms with Gasteiger partial charge in [-0.2, -0.15) is 5.10 Å². The lowest BCUT2D eigenvalue weighted by molar-refractivity contribution is 0.280. The Morgan fingerprint density at radius 1 is 1.29 bits per heavy atom. The van der Waals surface area contributed by atoms with Gasteiger partial charge in [0.2, 0.25) is 0 Å². The maximum absolute atomic E-state index is 9.31. The lowest BCUT2D eigenvalue weighted by Gasteiger charge is -2.12. The van der Waals surface area contributed by atoms with Crippen LogP contribution in [0.25, 0.3) is 5.69 Å². The highest BCUT2D eigenvalue weighted by Crippen LogP contribution is 2.23. The summed E-state index contributed by atoms with van der Waals surface area (Å²) in [5.74, 6) is 0.322. The number of hydrogen-bond acceptors (Lipinski definition) is 2. The van der Waals surface area contributed by atoms with E-state index in [1.807, 2.05) is 28.9 Å². The Hall–Kier alpha value is -1.13. The molecule has 0 saturated carbocycles. The van der Waals surface area contributed by atoms with Gasteiger partial charge in [-0.05, 0) is 30.2 Å². The van der Waals surface area contributed by atoms with Gasteiger partial charge in [-0.25, -0.2) is 4.68 Å². The Labute approximate surface area is 109 Å². The molecule has 0 spiro atoms. The van der Waals surface area contributed by atoms with Crippen LogP contribution in [0.2, 0.25) is 0 Å². The standard InChI is InChI=1S/C13H15BrN2O/c1-9(2)13-10(8-17)7-15-16(13)12-5-3-11(14)4-6-12/h3-7,9,17H,8H2,1-2H3. The zero-order valence-corrected chi connectivity index (χ0v) is 11.5. The molecule has 4 heteroatoms. The number of hydrogen-bond donors (Lipinski definition) is 1. The summed E-state index contributed by atoms with van der Waals surface area (Å²) in [6.45, 7) is 4.24. The first-order valence-electron chi connectivity index (χ1n) is 5.57. The van der Waals surface area contributed by atoms with Crippen LogP contribution >= 0.6 is 15.9 Å². The minimum absolute atomic E-state index is 0.0318. The van der Waals surface area contributed by atoms with Gasteiger partial charge in [0.25, 0.3) is 0 Å². The summed E-state index contributed by atoms with van der Waals surface area (Å²) < 4.78 is 2.93. The number of benzene rings is 1. The Morgan fingerprint density at radius 3 is 2.47 bits per heavy atom. The largest absolute Gasteiger partial charge is 0.392 e. The number of aromatic nitrogens is 2. The number of rotatable bonds is 3. The third-order valence-corrected chi connectivity index (χ3v) is 3.20. The monoisotopic (exact) mass is 294 g/mol. The maximum Gasteiger partial charge on any atom is 0.0715 e. The van der Waals surface area contributed by atoms with Crippen molar-refractivity contribution in [3.05, 3.63) is 46.2 Å². The Balaban J connectivity index is 2.51. The molecule has 0 unspecified atom stereocenters. The first kappa shape index (κ1) is 12.3. The van der Waals surface area contributed by atoms with Crippen LogP contribution in [0.4, 0.5) is 0 Å². The van der Waals surface area contributed by atoms with E-state index in [0.717, 1.165) is 21.4 Å². The molecule has 1 N–H and O–H groups in total. The van der Waals surface area contributed by atoms with Crippen LogP contribution in [-0.2, 0) is 6.61 Å². The van der Waals surface area contributed by atoms with Crippen molar-refractivity contribution >= 4 is 15.9 Å². The fraction of sp³-hybridized carbons (Fsp3) is 0.308. The highest BCUT2D eigenvalue weighted by atomic mass is 79.9. The van der Waals surface area contributed by atoms with Gasteiger partial charge in [0.15, 0.2) is 0 Å². The maximum atomic E-state index is 9.31. The molecule has 2 rings (SSSR count). The lowest BCUT2D eigenvalue weighted by Crippen LogP contribution is -2.05. The molecule has 1 heterocycles. The summed E-state index contributed by atoms with van der Waals surface area (Å²) in [6, 6.07) is 7.98. The molecular formula is C13H15BrN2O. The van der Waals surface area contributed by atoms with Gasteiger partial charge in [0.1, 0.15) is 0 Å². The van der Waals surface area contributed by atoms with E-state index in [1.54, 1.807) is 6.20 Å². The number of nitrogens with zero attached hydrogens (tertiary/aromatic N) is 2. The number of halogens is 1. The SMILES string of the molecule is CC(C)c1c(CO)cnn1-c1ccc(Br)cc1. The molecular weight excluding hydrogens is 280 g/mol. The molecule has 0 aliphatic carbocycles. The Bertz CT molecular complexity index is 503. The number of aliphatic hydroxyl groups is 1. The van der Waals surface area contributed by atoms with E-state index < -0.39 is 0 Å². The smallest absolute Gasteiger partial charge is 0.0715 e. The van der Waals surface area contributed by atoms with E-state index in [1.165, 1.54) is 0 Å². The van der Waals surface area contributed by atoms with Gasteiger partial charge in [-0.1, -0.05) is 29.8 Å². The van der Waals surface area contributed by atoms with Crippen molar-refractivity contribution in [2.24, 2.45) is 0 Å². The molecule has 0 amide bonds. The molecule has 1 aromatic heterocycles. The lowest BCUT2D eigenvalue weighted by atomic mass is 10.1. The molecule has 1 aromatic carbocycles. The van der Waals surface area contributed by atoms with E-state index in [2.05, 4.69) is 34.9 Å². The average Bonchev–Trinajstić information content (AvgIpc) is 2.73. The number of aliphatic hydroxyl groups excluding tert-OH is 1. The van der Waals surface area contributed by atoms with Crippen molar-refractivity contribution in [1.82, 2.24) is 9.78 Å². The van der Waals surface area contributed by atoms with Crippen LogP contribution in [-0.4, -0.2) is 14.9 Å². The first-order valence-corrected chi connectivity index (χ1v) is 6.36. The average molecular weight is 295 g/mol. The van der Waals surface area contributed by atoms with Crippen molar-refractivity contribution in [1.29, 1.82) is 0 Å². The van der Waals surface area contributed by atoms with E-state index in [-0.39, 0.29) is 6.61 Å². The van der Waals surface area contributed by atoms with Gasteiger partial charge in [-0.15, -0.1) is 0 Å². The molecule has 0 radical (unpaired) electrons. The molecule has 2 aromatic rings. The minimum atomic E-state index is 0.0318. The second-order valence-electron chi connectivity index (χ2n) is 4.26. The van der Waals surface area contributed by atoms with E-state index in [4.69, 9.17) is 0 Å². The molecule has 0 saturated heterocycles. The summed E-state index contributed by atoms with van der Waals surface area (Å²) in [5, 5.41) is 13.7. The molecule has 17 heavy (non-hydrogen) atoms. The Kier molecular flexibility index (Phi) is 3.64. The van der Waals surface area contributed by atoms with Gasteiger partial charge >= 0.3 is 0 Å². The second kappa shape index (κ2) is 5.02. The molecule has 0 aliphatic rings. The van der Waals surface area contributed by atoms with Crippen LogP contribution in [0.1, 0.15) is 31.0 Å². The molecule has 90 valence electrons. The van der Waals surface area contributed by atoms with E-state index in [9.17, 15) is 5.11 Å². The van der Waals surface area contributed by atoms with Crippen molar-refractivity contribution in [2.75, 3.05) is 0 Å². The second-order valence-corrected chi connectivity index (χ2v) is 5.17. The third-order valence-electron chi connectivity index (χ3n) is 2.67. The summed E-state index contributed by atoms with van der Waals surface area (Å²) in [7, 11) is 0. The fourth-order valence-corrected chi connectivity index (χ4v) is 2.18. The quantitative estimate of drug-likeness (QED) is 0.944. The topological polar surface area (TPSA) is 38.1 Å². The highest BCUT2D eigenvalue weighted by Gasteiger charge is 2.14. The first-order chi connectivity index (χ1) is 8.13. The zero-order valence-electron chi connectivity index (χ0n) is 9.89. The molecule has 3 nitrogen and oxygen atoms in total. The normalized spacial score (nSPS) is 11.1.